The van der Waals surface area contributed by atoms with Crippen LogP contribution in [-0.2, 0) is 0 Å². The van der Waals surface area contributed by atoms with Crippen molar-refractivity contribution >= 4 is 17.3 Å². The van der Waals surface area contributed by atoms with Crippen molar-refractivity contribution in [3.8, 4) is 0 Å². The maximum Gasteiger partial charge on any atom is 0.136 e. The first kappa shape index (κ1) is 14.1. The normalized spacial score (nSPS) is 10.2. The molecule has 0 unspecified atom stereocenters. The Morgan fingerprint density at radius 3 is 2.30 bits per heavy atom. The molecule has 0 aliphatic heterocycles. The molecule has 0 bridgehead atoms. The Balaban J connectivity index is 2.23. The lowest BCUT2D eigenvalue weighted by Crippen LogP contribution is -2.04. The third-order valence-corrected chi connectivity index (χ3v) is 2.76. The van der Waals surface area contributed by atoms with Gasteiger partial charge in [0.15, 0.2) is 0 Å². The molecule has 0 spiro atoms. The van der Waals surface area contributed by atoms with Crippen LogP contribution in [0.4, 0.5) is 17.3 Å². The minimum atomic E-state index is 0.680. The lowest BCUT2D eigenvalue weighted by molar-refractivity contribution is 1.05. The molecule has 2 N–H and O–H groups in total. The van der Waals surface area contributed by atoms with Crippen LogP contribution in [-0.4, -0.2) is 16.5 Å². The molecule has 0 atom stereocenters. The summed E-state index contributed by atoms with van der Waals surface area (Å²) in [4.78, 5) is 8.75. The van der Waals surface area contributed by atoms with E-state index in [2.05, 4.69) is 59.2 Å². The smallest absolute Gasteiger partial charge is 0.136 e. The minimum Gasteiger partial charge on any atom is -0.366 e. The third kappa shape index (κ3) is 3.82. The summed E-state index contributed by atoms with van der Waals surface area (Å²) in [5, 5.41) is 6.50. The monoisotopic (exact) mass is 268 g/mol. The second-order valence-electron chi connectivity index (χ2n) is 4.86. The zero-order chi connectivity index (χ0) is 14.5. The average molecular weight is 268 g/mol. The fraction of sp³-hybridized carbons (Fsp3) is 0.250. The highest BCUT2D eigenvalue weighted by Gasteiger charge is 2.03. The molecule has 0 fully saturated rings. The highest BCUT2D eigenvalue weighted by molar-refractivity contribution is 5.60. The molecular weight excluding hydrogens is 248 g/mol. The van der Waals surface area contributed by atoms with E-state index in [1.165, 1.54) is 11.1 Å². The molecule has 0 amide bonds. The van der Waals surface area contributed by atoms with Crippen LogP contribution in [0.25, 0.3) is 0 Å². The number of anilines is 3. The molecule has 0 radical (unpaired) electrons. The number of nitrogens with one attached hydrogen (secondary N) is 2. The Morgan fingerprint density at radius 2 is 1.65 bits per heavy atom. The van der Waals surface area contributed by atoms with Gasteiger partial charge in [0, 0.05) is 18.3 Å². The maximum absolute atomic E-state index is 4.41. The van der Waals surface area contributed by atoms with Gasteiger partial charge in [-0.15, -0.1) is 6.58 Å². The lowest BCUT2D eigenvalue weighted by Gasteiger charge is -2.10. The van der Waals surface area contributed by atoms with Gasteiger partial charge in [0.2, 0.25) is 0 Å². The standard InChI is InChI=1S/C16H20N4/c1-5-6-17-15-10-16(19-13(4)18-15)20-14-8-11(2)7-12(3)9-14/h5,7-10H,1,6H2,2-4H3,(H2,17,18,19,20). The van der Waals surface area contributed by atoms with Gasteiger partial charge in [-0.3, -0.25) is 0 Å². The first-order chi connectivity index (χ1) is 9.56. The summed E-state index contributed by atoms with van der Waals surface area (Å²) in [6, 6.07) is 8.24. The largest absolute Gasteiger partial charge is 0.366 e. The van der Waals surface area contributed by atoms with Crippen molar-refractivity contribution in [2.75, 3.05) is 17.2 Å². The van der Waals surface area contributed by atoms with Gasteiger partial charge in [-0.05, 0) is 44.0 Å². The number of hydrogen-bond donors (Lipinski definition) is 2. The van der Waals surface area contributed by atoms with Crippen LogP contribution in [0.1, 0.15) is 17.0 Å². The second-order valence-corrected chi connectivity index (χ2v) is 4.86. The van der Waals surface area contributed by atoms with Crippen molar-refractivity contribution in [3.05, 3.63) is 53.9 Å². The molecule has 4 nitrogen and oxygen atoms in total. The first-order valence-electron chi connectivity index (χ1n) is 6.62. The van der Waals surface area contributed by atoms with Gasteiger partial charge in [0.05, 0.1) is 0 Å². The zero-order valence-corrected chi connectivity index (χ0v) is 12.2. The quantitative estimate of drug-likeness (QED) is 0.811. The highest BCUT2D eigenvalue weighted by atomic mass is 15.1. The van der Waals surface area contributed by atoms with Gasteiger partial charge in [-0.2, -0.15) is 0 Å². The molecule has 2 aromatic rings. The Labute approximate surface area is 120 Å². The van der Waals surface area contributed by atoms with E-state index >= 15 is 0 Å². The molecule has 0 saturated heterocycles. The Kier molecular flexibility index (Phi) is 4.35. The van der Waals surface area contributed by atoms with E-state index < -0.39 is 0 Å². The van der Waals surface area contributed by atoms with Gasteiger partial charge in [-0.1, -0.05) is 12.1 Å². The predicted molar refractivity (Wildman–Crippen MR) is 84.7 cm³/mol. The molecule has 104 valence electrons. The molecule has 4 heteroatoms. The number of aromatic nitrogens is 2. The van der Waals surface area contributed by atoms with Gasteiger partial charge >= 0.3 is 0 Å². The van der Waals surface area contributed by atoms with Crippen LogP contribution in [0, 0.1) is 20.8 Å². The summed E-state index contributed by atoms with van der Waals surface area (Å²) in [7, 11) is 0. The van der Waals surface area contributed by atoms with Crippen molar-refractivity contribution in [3.63, 3.8) is 0 Å². The Hall–Kier alpha value is -2.36. The molecule has 1 aromatic carbocycles. The molecule has 0 aliphatic carbocycles. The van der Waals surface area contributed by atoms with Crippen LogP contribution in [0.5, 0.6) is 0 Å². The second kappa shape index (κ2) is 6.19. The number of hydrogen-bond acceptors (Lipinski definition) is 4. The highest BCUT2D eigenvalue weighted by Crippen LogP contribution is 2.20. The lowest BCUT2D eigenvalue weighted by atomic mass is 10.1. The third-order valence-electron chi connectivity index (χ3n) is 2.76. The SMILES string of the molecule is C=CCNc1cc(Nc2cc(C)cc(C)c2)nc(C)n1. The molecule has 0 saturated carbocycles. The molecule has 1 aromatic heterocycles. The van der Waals surface area contributed by atoms with Crippen molar-refractivity contribution in [1.82, 2.24) is 9.97 Å². The van der Waals surface area contributed by atoms with Crippen molar-refractivity contribution in [2.24, 2.45) is 0 Å². The van der Waals surface area contributed by atoms with Gasteiger partial charge in [0.25, 0.3) is 0 Å². The Bertz CT molecular complexity index is 600. The van der Waals surface area contributed by atoms with Crippen molar-refractivity contribution in [1.29, 1.82) is 0 Å². The van der Waals surface area contributed by atoms with Crippen LogP contribution in [0.3, 0.4) is 0 Å². The van der Waals surface area contributed by atoms with Crippen LogP contribution in [0.2, 0.25) is 0 Å². The number of aryl methyl sites for hydroxylation is 3. The number of rotatable bonds is 5. The summed E-state index contributed by atoms with van der Waals surface area (Å²) >= 11 is 0. The van der Waals surface area contributed by atoms with Crippen LogP contribution >= 0.6 is 0 Å². The van der Waals surface area contributed by atoms with E-state index in [0.29, 0.717) is 6.54 Å². The van der Waals surface area contributed by atoms with E-state index in [1.54, 1.807) is 6.08 Å². The molecule has 2 rings (SSSR count). The fourth-order valence-electron chi connectivity index (χ4n) is 2.09. The summed E-state index contributed by atoms with van der Waals surface area (Å²) in [5.74, 6) is 2.31. The molecule has 0 aliphatic rings. The average Bonchev–Trinajstić information content (AvgIpc) is 2.34. The van der Waals surface area contributed by atoms with E-state index in [-0.39, 0.29) is 0 Å². The van der Waals surface area contributed by atoms with Gasteiger partial charge in [0.1, 0.15) is 17.5 Å². The van der Waals surface area contributed by atoms with E-state index in [9.17, 15) is 0 Å². The minimum absolute atomic E-state index is 0.680. The molecule has 1 heterocycles. The summed E-state index contributed by atoms with van der Waals surface area (Å²) < 4.78 is 0. The van der Waals surface area contributed by atoms with Crippen molar-refractivity contribution < 1.29 is 0 Å². The summed E-state index contributed by atoms with van der Waals surface area (Å²) in [5.41, 5.74) is 3.49. The van der Waals surface area contributed by atoms with Gasteiger partial charge in [-0.25, -0.2) is 9.97 Å². The Morgan fingerprint density at radius 1 is 1.00 bits per heavy atom. The molecule has 20 heavy (non-hydrogen) atoms. The fourth-order valence-corrected chi connectivity index (χ4v) is 2.09. The number of benzene rings is 1. The zero-order valence-electron chi connectivity index (χ0n) is 12.2. The summed E-state index contributed by atoms with van der Waals surface area (Å²) in [6.07, 6.45) is 1.80. The van der Waals surface area contributed by atoms with Crippen LogP contribution < -0.4 is 10.6 Å². The summed E-state index contributed by atoms with van der Waals surface area (Å²) in [6.45, 7) is 10.4. The van der Waals surface area contributed by atoms with Gasteiger partial charge < -0.3 is 10.6 Å². The maximum atomic E-state index is 4.41. The topological polar surface area (TPSA) is 49.8 Å². The van der Waals surface area contributed by atoms with Crippen LogP contribution in [0.15, 0.2) is 36.9 Å². The van der Waals surface area contributed by atoms with Crippen molar-refractivity contribution in [2.45, 2.75) is 20.8 Å². The number of nitrogens with zero attached hydrogens (tertiary/aromatic N) is 2. The first-order valence-corrected chi connectivity index (χ1v) is 6.62. The molecular formula is C16H20N4. The van der Waals surface area contributed by atoms with E-state index in [4.69, 9.17) is 0 Å². The van der Waals surface area contributed by atoms with E-state index in [1.807, 2.05) is 13.0 Å². The van der Waals surface area contributed by atoms with E-state index in [0.717, 1.165) is 23.1 Å². The predicted octanol–water partition coefficient (Wildman–Crippen LogP) is 3.74.